The molecule has 90 valence electrons. The summed E-state index contributed by atoms with van der Waals surface area (Å²) in [7, 11) is 0. The maximum absolute atomic E-state index is 9.36. The SMILES string of the molecule is Cc1cc(C(C)C)[n+]([C@@H](C)CO)c(C)c1C. The van der Waals surface area contributed by atoms with Gasteiger partial charge in [0, 0.05) is 31.4 Å². The van der Waals surface area contributed by atoms with Crippen LogP contribution in [0.1, 0.15) is 55.2 Å². The Morgan fingerprint density at radius 1 is 1.19 bits per heavy atom. The fourth-order valence-electron chi connectivity index (χ4n) is 2.17. The van der Waals surface area contributed by atoms with Crippen molar-refractivity contribution in [2.24, 2.45) is 0 Å². The summed E-state index contributed by atoms with van der Waals surface area (Å²) in [5.74, 6) is 0.479. The van der Waals surface area contributed by atoms with Crippen molar-refractivity contribution in [2.45, 2.75) is 53.5 Å². The molecule has 1 rings (SSSR count). The summed E-state index contributed by atoms with van der Waals surface area (Å²) in [6.45, 7) is 13.1. The van der Waals surface area contributed by atoms with E-state index in [1.54, 1.807) is 0 Å². The van der Waals surface area contributed by atoms with Crippen LogP contribution in [0.15, 0.2) is 6.07 Å². The number of nitrogens with zero attached hydrogens (tertiary/aromatic N) is 1. The molecule has 2 heteroatoms. The molecule has 0 radical (unpaired) electrons. The number of hydrogen-bond acceptors (Lipinski definition) is 1. The average Bonchev–Trinajstić information content (AvgIpc) is 2.24. The molecule has 0 unspecified atom stereocenters. The smallest absolute Gasteiger partial charge is 0.184 e. The van der Waals surface area contributed by atoms with Gasteiger partial charge in [-0.1, -0.05) is 13.8 Å². The lowest BCUT2D eigenvalue weighted by atomic mass is 10.0. The molecule has 1 aromatic heterocycles. The summed E-state index contributed by atoms with van der Waals surface area (Å²) >= 11 is 0. The van der Waals surface area contributed by atoms with Crippen molar-refractivity contribution < 1.29 is 9.67 Å². The number of aromatic nitrogens is 1. The van der Waals surface area contributed by atoms with E-state index in [1.165, 1.54) is 22.5 Å². The zero-order valence-electron chi connectivity index (χ0n) is 11.3. The van der Waals surface area contributed by atoms with Crippen LogP contribution >= 0.6 is 0 Å². The molecule has 0 fully saturated rings. The highest BCUT2D eigenvalue weighted by Crippen LogP contribution is 2.18. The Morgan fingerprint density at radius 3 is 2.19 bits per heavy atom. The molecule has 1 N–H and O–H groups in total. The van der Waals surface area contributed by atoms with Gasteiger partial charge in [0.25, 0.3) is 0 Å². The fourth-order valence-corrected chi connectivity index (χ4v) is 2.17. The van der Waals surface area contributed by atoms with Gasteiger partial charge in [0.05, 0.1) is 0 Å². The average molecular weight is 222 g/mol. The normalized spacial score (nSPS) is 13.2. The second kappa shape index (κ2) is 4.96. The van der Waals surface area contributed by atoms with E-state index in [0.717, 1.165) is 0 Å². The van der Waals surface area contributed by atoms with E-state index in [9.17, 15) is 5.11 Å². The summed E-state index contributed by atoms with van der Waals surface area (Å²) in [5.41, 5.74) is 5.24. The molecule has 0 aromatic carbocycles. The van der Waals surface area contributed by atoms with Crippen LogP contribution in [-0.4, -0.2) is 11.7 Å². The van der Waals surface area contributed by atoms with Crippen LogP contribution < -0.4 is 4.57 Å². The number of aliphatic hydroxyl groups is 1. The second-order valence-corrected chi connectivity index (χ2v) is 5.02. The van der Waals surface area contributed by atoms with Crippen LogP contribution in [0.5, 0.6) is 0 Å². The third kappa shape index (κ3) is 2.27. The van der Waals surface area contributed by atoms with Crippen LogP contribution in [0.25, 0.3) is 0 Å². The highest BCUT2D eigenvalue weighted by atomic mass is 16.3. The van der Waals surface area contributed by atoms with Gasteiger partial charge in [-0.2, -0.15) is 4.57 Å². The second-order valence-electron chi connectivity index (χ2n) is 5.02. The molecule has 0 aliphatic carbocycles. The van der Waals surface area contributed by atoms with Gasteiger partial charge >= 0.3 is 0 Å². The lowest BCUT2D eigenvalue weighted by Crippen LogP contribution is -2.47. The summed E-state index contributed by atoms with van der Waals surface area (Å²) in [6.07, 6.45) is 0. The summed E-state index contributed by atoms with van der Waals surface area (Å²) in [6, 6.07) is 2.40. The Hall–Kier alpha value is -0.890. The van der Waals surface area contributed by atoms with Crippen molar-refractivity contribution in [1.29, 1.82) is 0 Å². The molecule has 1 heterocycles. The van der Waals surface area contributed by atoms with Crippen LogP contribution in [0.4, 0.5) is 0 Å². The van der Waals surface area contributed by atoms with Crippen molar-refractivity contribution in [3.8, 4) is 0 Å². The van der Waals surface area contributed by atoms with E-state index in [-0.39, 0.29) is 12.6 Å². The highest BCUT2D eigenvalue weighted by Gasteiger charge is 2.25. The zero-order chi connectivity index (χ0) is 12.5. The summed E-state index contributed by atoms with van der Waals surface area (Å²) in [5, 5.41) is 9.36. The Morgan fingerprint density at radius 2 is 1.75 bits per heavy atom. The third-order valence-corrected chi connectivity index (χ3v) is 3.43. The zero-order valence-corrected chi connectivity index (χ0v) is 11.3. The lowest BCUT2D eigenvalue weighted by Gasteiger charge is -2.16. The number of pyridine rings is 1. The molecular weight excluding hydrogens is 198 g/mol. The first-order valence-corrected chi connectivity index (χ1v) is 6.03. The maximum atomic E-state index is 9.36. The van der Waals surface area contributed by atoms with E-state index >= 15 is 0 Å². The lowest BCUT2D eigenvalue weighted by molar-refractivity contribution is -0.734. The first kappa shape index (κ1) is 13.2. The minimum atomic E-state index is 0.150. The van der Waals surface area contributed by atoms with Gasteiger partial charge in [0.15, 0.2) is 17.4 Å². The number of hydrogen-bond donors (Lipinski definition) is 1. The van der Waals surface area contributed by atoms with Gasteiger partial charge < -0.3 is 5.11 Å². The molecule has 0 spiro atoms. The van der Waals surface area contributed by atoms with Crippen molar-refractivity contribution in [2.75, 3.05) is 6.61 Å². The van der Waals surface area contributed by atoms with Gasteiger partial charge in [-0.3, -0.25) is 0 Å². The Bertz CT molecular complexity index is 383. The first-order valence-electron chi connectivity index (χ1n) is 6.03. The van der Waals surface area contributed by atoms with Gasteiger partial charge in [-0.15, -0.1) is 0 Å². The van der Waals surface area contributed by atoms with E-state index in [1.807, 2.05) is 0 Å². The molecule has 1 aromatic rings. The minimum Gasteiger partial charge on any atom is -0.389 e. The van der Waals surface area contributed by atoms with E-state index in [2.05, 4.69) is 52.2 Å². The molecule has 0 amide bonds. The predicted molar refractivity (Wildman–Crippen MR) is 66.7 cm³/mol. The van der Waals surface area contributed by atoms with E-state index < -0.39 is 0 Å². The van der Waals surface area contributed by atoms with Crippen LogP contribution in [0, 0.1) is 20.8 Å². The summed E-state index contributed by atoms with van der Waals surface area (Å²) < 4.78 is 2.27. The monoisotopic (exact) mass is 222 g/mol. The quantitative estimate of drug-likeness (QED) is 0.781. The van der Waals surface area contributed by atoms with Crippen LogP contribution in [0.2, 0.25) is 0 Å². The first-order chi connectivity index (χ1) is 7.40. The molecule has 0 bridgehead atoms. The molecule has 1 atom stereocenters. The largest absolute Gasteiger partial charge is 0.389 e. The number of aryl methyl sites for hydroxylation is 1. The minimum absolute atomic E-state index is 0.150. The molecular formula is C14H24NO+. The Kier molecular flexibility index (Phi) is 4.09. The van der Waals surface area contributed by atoms with Gasteiger partial charge in [0.1, 0.15) is 6.61 Å². The van der Waals surface area contributed by atoms with Gasteiger partial charge in [-0.05, 0) is 19.4 Å². The molecule has 16 heavy (non-hydrogen) atoms. The van der Waals surface area contributed by atoms with Gasteiger partial charge in [0.2, 0.25) is 0 Å². The number of rotatable bonds is 3. The van der Waals surface area contributed by atoms with Crippen molar-refractivity contribution >= 4 is 0 Å². The Labute approximate surface area is 98.9 Å². The molecule has 0 saturated heterocycles. The maximum Gasteiger partial charge on any atom is 0.184 e. The fraction of sp³-hybridized carbons (Fsp3) is 0.643. The van der Waals surface area contributed by atoms with E-state index in [0.29, 0.717) is 5.92 Å². The third-order valence-electron chi connectivity index (χ3n) is 3.43. The van der Waals surface area contributed by atoms with Crippen molar-refractivity contribution in [1.82, 2.24) is 0 Å². The van der Waals surface area contributed by atoms with Crippen LogP contribution in [0.3, 0.4) is 0 Å². The van der Waals surface area contributed by atoms with Crippen molar-refractivity contribution in [3.63, 3.8) is 0 Å². The highest BCUT2D eigenvalue weighted by molar-refractivity contribution is 5.26. The summed E-state index contributed by atoms with van der Waals surface area (Å²) in [4.78, 5) is 0. The molecule has 0 saturated carbocycles. The van der Waals surface area contributed by atoms with Crippen molar-refractivity contribution in [3.05, 3.63) is 28.6 Å². The molecule has 0 aliphatic heterocycles. The van der Waals surface area contributed by atoms with E-state index in [4.69, 9.17) is 0 Å². The van der Waals surface area contributed by atoms with Gasteiger partial charge in [-0.25, -0.2) is 0 Å². The topological polar surface area (TPSA) is 24.1 Å². The Balaban J connectivity index is 3.47. The van der Waals surface area contributed by atoms with Crippen LogP contribution in [-0.2, 0) is 0 Å². The molecule has 0 aliphatic rings. The standard InChI is InChI=1S/C14H24NO/c1-9(2)14-7-10(3)12(5)13(6)15(14)11(4)8-16/h7,9,11,16H,8H2,1-6H3/q+1/t11-/m0/s1. The predicted octanol–water partition coefficient (Wildman–Crippen LogP) is 2.58. The number of aliphatic hydroxyl groups excluding tert-OH is 1. The molecule has 2 nitrogen and oxygen atoms in total.